The summed E-state index contributed by atoms with van der Waals surface area (Å²) in [6, 6.07) is 10.8. The number of hydrogen-bond acceptors (Lipinski definition) is 2. The summed E-state index contributed by atoms with van der Waals surface area (Å²) in [6.07, 6.45) is 7.03. The number of rotatable bonds is 4. The van der Waals surface area contributed by atoms with Crippen molar-refractivity contribution in [1.82, 2.24) is 5.32 Å². The molecule has 3 unspecified atom stereocenters. The zero-order valence-electron chi connectivity index (χ0n) is 13.0. The van der Waals surface area contributed by atoms with Crippen LogP contribution in [-0.4, -0.2) is 22.8 Å². The molecule has 4 saturated carbocycles. The van der Waals surface area contributed by atoms with Crippen LogP contribution in [0.2, 0.25) is 0 Å². The van der Waals surface area contributed by atoms with Crippen LogP contribution in [-0.2, 0) is 0 Å². The van der Waals surface area contributed by atoms with Gasteiger partial charge in [-0.1, -0.05) is 37.3 Å². The van der Waals surface area contributed by atoms with Crippen LogP contribution < -0.4 is 5.32 Å². The zero-order valence-corrected chi connectivity index (χ0v) is 13.0. The Kier molecular flexibility index (Phi) is 3.16. The van der Waals surface area contributed by atoms with Gasteiger partial charge in [-0.2, -0.15) is 0 Å². The fourth-order valence-corrected chi connectivity index (χ4v) is 5.69. The Morgan fingerprint density at radius 2 is 1.81 bits per heavy atom. The van der Waals surface area contributed by atoms with Crippen LogP contribution in [0.1, 0.15) is 56.9 Å². The monoisotopic (exact) mass is 285 g/mol. The summed E-state index contributed by atoms with van der Waals surface area (Å²) in [5, 5.41) is 14.7. The molecule has 0 aliphatic heterocycles. The second-order valence-electron chi connectivity index (χ2n) is 8.16. The lowest BCUT2D eigenvalue weighted by Crippen LogP contribution is -2.64. The Bertz CT molecular complexity index is 498. The lowest BCUT2D eigenvalue weighted by atomic mass is 9.51. The molecule has 1 aromatic rings. The van der Waals surface area contributed by atoms with Gasteiger partial charge in [-0.05, 0) is 61.8 Å². The van der Waals surface area contributed by atoms with Crippen molar-refractivity contribution in [3.8, 4) is 0 Å². The van der Waals surface area contributed by atoms with Crippen LogP contribution in [0.15, 0.2) is 30.3 Å². The largest absolute Gasteiger partial charge is 0.390 e. The summed E-state index contributed by atoms with van der Waals surface area (Å²) in [4.78, 5) is 0. The molecule has 2 N–H and O–H groups in total. The Morgan fingerprint density at radius 3 is 2.43 bits per heavy atom. The third-order valence-corrected chi connectivity index (χ3v) is 6.18. The highest BCUT2D eigenvalue weighted by atomic mass is 16.3. The van der Waals surface area contributed by atoms with Crippen LogP contribution in [0.25, 0.3) is 0 Å². The van der Waals surface area contributed by atoms with E-state index in [2.05, 4.69) is 42.6 Å². The molecular formula is C19H27NO. The first kappa shape index (κ1) is 13.8. The lowest BCUT2D eigenvalue weighted by molar-refractivity contribution is -0.142. The Balaban J connectivity index is 1.45. The zero-order chi connectivity index (χ0) is 14.5. The molecule has 3 atom stereocenters. The number of aliphatic hydroxyl groups is 1. The van der Waals surface area contributed by atoms with Gasteiger partial charge in [0.25, 0.3) is 0 Å². The van der Waals surface area contributed by atoms with Gasteiger partial charge < -0.3 is 10.4 Å². The number of nitrogens with one attached hydrogen (secondary N) is 1. The van der Waals surface area contributed by atoms with Crippen molar-refractivity contribution in [2.75, 3.05) is 6.54 Å². The minimum atomic E-state index is -0.354. The van der Waals surface area contributed by atoms with Crippen molar-refractivity contribution in [3.63, 3.8) is 0 Å². The summed E-state index contributed by atoms with van der Waals surface area (Å²) in [5.41, 5.74) is 1.28. The molecule has 1 aromatic carbocycles. The summed E-state index contributed by atoms with van der Waals surface area (Å²) in [7, 11) is 0. The Labute approximate surface area is 128 Å². The van der Waals surface area contributed by atoms with E-state index in [1.807, 2.05) is 0 Å². The average molecular weight is 285 g/mol. The molecule has 0 saturated heterocycles. The average Bonchev–Trinajstić information content (AvgIpc) is 2.43. The fraction of sp³-hybridized carbons (Fsp3) is 0.684. The molecule has 4 aliphatic rings. The SMILES string of the molecule is CC(CNC12CC3CC(CC(O)(C3)C1)C2)c1ccccc1. The molecule has 2 nitrogen and oxygen atoms in total. The summed E-state index contributed by atoms with van der Waals surface area (Å²) in [5.74, 6) is 2.06. The predicted molar refractivity (Wildman–Crippen MR) is 85.2 cm³/mol. The maximum absolute atomic E-state index is 10.8. The van der Waals surface area contributed by atoms with Crippen molar-refractivity contribution in [2.45, 2.75) is 62.5 Å². The van der Waals surface area contributed by atoms with E-state index in [1.165, 1.54) is 24.8 Å². The topological polar surface area (TPSA) is 32.3 Å². The van der Waals surface area contributed by atoms with Crippen LogP contribution in [0.3, 0.4) is 0 Å². The molecule has 0 amide bonds. The van der Waals surface area contributed by atoms with Crippen LogP contribution in [0, 0.1) is 11.8 Å². The Morgan fingerprint density at radius 1 is 1.14 bits per heavy atom. The van der Waals surface area contributed by atoms with E-state index in [0.29, 0.717) is 5.92 Å². The molecular weight excluding hydrogens is 258 g/mol. The minimum Gasteiger partial charge on any atom is -0.390 e. The van der Waals surface area contributed by atoms with Gasteiger partial charge in [0, 0.05) is 12.1 Å². The summed E-state index contributed by atoms with van der Waals surface area (Å²) < 4.78 is 0. The van der Waals surface area contributed by atoms with E-state index in [9.17, 15) is 5.11 Å². The molecule has 2 heteroatoms. The molecule has 4 bridgehead atoms. The van der Waals surface area contributed by atoms with Crippen molar-refractivity contribution in [3.05, 3.63) is 35.9 Å². The molecule has 114 valence electrons. The van der Waals surface area contributed by atoms with Gasteiger partial charge in [0.05, 0.1) is 5.60 Å². The van der Waals surface area contributed by atoms with Crippen LogP contribution in [0.4, 0.5) is 0 Å². The smallest absolute Gasteiger partial charge is 0.0670 e. The summed E-state index contributed by atoms with van der Waals surface area (Å²) >= 11 is 0. The van der Waals surface area contributed by atoms with Gasteiger partial charge in [0.2, 0.25) is 0 Å². The van der Waals surface area contributed by atoms with Gasteiger partial charge in [-0.15, -0.1) is 0 Å². The number of hydrogen-bond donors (Lipinski definition) is 2. The normalized spacial score (nSPS) is 42.2. The van der Waals surface area contributed by atoms with E-state index in [-0.39, 0.29) is 11.1 Å². The van der Waals surface area contributed by atoms with Crippen molar-refractivity contribution < 1.29 is 5.11 Å². The Hall–Kier alpha value is -0.860. The molecule has 21 heavy (non-hydrogen) atoms. The molecule has 0 heterocycles. The highest BCUT2D eigenvalue weighted by Crippen LogP contribution is 2.57. The first-order valence-corrected chi connectivity index (χ1v) is 8.58. The second kappa shape index (κ2) is 4.82. The third kappa shape index (κ3) is 2.53. The lowest BCUT2D eigenvalue weighted by Gasteiger charge is -2.60. The van der Waals surface area contributed by atoms with Gasteiger partial charge in [0.15, 0.2) is 0 Å². The van der Waals surface area contributed by atoms with E-state index < -0.39 is 0 Å². The van der Waals surface area contributed by atoms with E-state index >= 15 is 0 Å². The molecule has 4 aliphatic carbocycles. The predicted octanol–water partition coefficient (Wildman–Crippen LogP) is 3.46. The quantitative estimate of drug-likeness (QED) is 0.888. The van der Waals surface area contributed by atoms with E-state index in [0.717, 1.165) is 37.6 Å². The van der Waals surface area contributed by atoms with Crippen LogP contribution in [0.5, 0.6) is 0 Å². The fourth-order valence-electron chi connectivity index (χ4n) is 5.69. The van der Waals surface area contributed by atoms with Gasteiger partial charge in [-0.3, -0.25) is 0 Å². The molecule has 5 rings (SSSR count). The number of benzene rings is 1. The minimum absolute atomic E-state index is 0.224. The maximum atomic E-state index is 10.8. The standard InChI is InChI=1S/C19H27NO/c1-14(17-5-3-2-4-6-17)12-20-18-8-15-7-16(9-18)11-19(21,10-15)13-18/h2-6,14-16,20-21H,7-13H2,1H3. The van der Waals surface area contributed by atoms with Crippen LogP contribution >= 0.6 is 0 Å². The van der Waals surface area contributed by atoms with Crippen molar-refractivity contribution in [1.29, 1.82) is 0 Å². The maximum Gasteiger partial charge on any atom is 0.0670 e. The highest BCUT2D eigenvalue weighted by Gasteiger charge is 2.56. The van der Waals surface area contributed by atoms with Gasteiger partial charge in [-0.25, -0.2) is 0 Å². The summed E-state index contributed by atoms with van der Waals surface area (Å²) in [6.45, 7) is 3.33. The molecule has 0 radical (unpaired) electrons. The second-order valence-corrected chi connectivity index (χ2v) is 8.16. The first-order valence-electron chi connectivity index (χ1n) is 8.58. The first-order chi connectivity index (χ1) is 10.1. The van der Waals surface area contributed by atoms with Gasteiger partial charge >= 0.3 is 0 Å². The molecule has 4 fully saturated rings. The highest BCUT2D eigenvalue weighted by molar-refractivity contribution is 5.20. The molecule has 0 aromatic heterocycles. The molecule has 0 spiro atoms. The third-order valence-electron chi connectivity index (χ3n) is 6.18. The van der Waals surface area contributed by atoms with E-state index in [4.69, 9.17) is 0 Å². The van der Waals surface area contributed by atoms with Gasteiger partial charge in [0.1, 0.15) is 0 Å². The van der Waals surface area contributed by atoms with Crippen molar-refractivity contribution in [2.24, 2.45) is 11.8 Å². The van der Waals surface area contributed by atoms with E-state index in [1.54, 1.807) is 0 Å². The van der Waals surface area contributed by atoms with Crippen molar-refractivity contribution >= 4 is 0 Å².